The van der Waals surface area contributed by atoms with Gasteiger partial charge in [-0.2, -0.15) is 0 Å². The molecular formula is C21H22N2O2S. The van der Waals surface area contributed by atoms with Gasteiger partial charge in [-0.3, -0.25) is 4.79 Å². The summed E-state index contributed by atoms with van der Waals surface area (Å²) in [4.78, 5) is 19.0. The Hall–Kier alpha value is -2.53. The second-order valence-electron chi connectivity index (χ2n) is 6.69. The molecule has 5 heteroatoms. The number of aromatic amines is 1. The zero-order chi connectivity index (χ0) is 17.9. The molecule has 1 aliphatic heterocycles. The third-order valence-electron chi connectivity index (χ3n) is 4.99. The van der Waals surface area contributed by atoms with Gasteiger partial charge in [-0.15, -0.1) is 11.3 Å². The molecule has 0 unspecified atom stereocenters. The van der Waals surface area contributed by atoms with Crippen molar-refractivity contribution in [2.45, 2.75) is 25.7 Å². The predicted octanol–water partition coefficient (Wildman–Crippen LogP) is 4.57. The molecule has 134 valence electrons. The number of carbonyl (C=O) groups excluding carboxylic acids is 1. The number of amides is 1. The van der Waals surface area contributed by atoms with E-state index in [1.165, 1.54) is 10.5 Å². The molecular weight excluding hydrogens is 344 g/mol. The van der Waals surface area contributed by atoms with Crippen molar-refractivity contribution in [3.05, 3.63) is 58.4 Å². The minimum absolute atomic E-state index is 0.231. The van der Waals surface area contributed by atoms with Crippen molar-refractivity contribution in [2.75, 3.05) is 13.1 Å². The van der Waals surface area contributed by atoms with Crippen molar-refractivity contribution in [1.29, 1.82) is 0 Å². The third-order valence-corrected chi connectivity index (χ3v) is 5.93. The van der Waals surface area contributed by atoms with Gasteiger partial charge >= 0.3 is 0 Å². The number of phenols is 1. The number of rotatable bonds is 5. The molecule has 0 fully saturated rings. The predicted molar refractivity (Wildman–Crippen MR) is 106 cm³/mol. The Labute approximate surface area is 156 Å². The molecule has 4 rings (SSSR count). The van der Waals surface area contributed by atoms with E-state index in [4.69, 9.17) is 0 Å². The van der Waals surface area contributed by atoms with Crippen LogP contribution in [0.15, 0.2) is 48.0 Å². The van der Waals surface area contributed by atoms with E-state index in [2.05, 4.69) is 28.6 Å². The first-order valence-corrected chi connectivity index (χ1v) is 9.88. The number of H-pyrrole nitrogens is 1. The molecule has 0 saturated carbocycles. The average molecular weight is 366 g/mol. The first kappa shape index (κ1) is 16.9. The SMILES string of the molecule is O=C(CCCc1c[nH]c2ccc(O)cc12)N1CC=C(c2cccs2)CC1. The van der Waals surface area contributed by atoms with Crippen LogP contribution in [0.2, 0.25) is 0 Å². The lowest BCUT2D eigenvalue weighted by atomic mass is 10.0. The molecule has 0 radical (unpaired) electrons. The van der Waals surface area contributed by atoms with Gasteiger partial charge in [0.25, 0.3) is 0 Å². The fourth-order valence-corrected chi connectivity index (χ4v) is 4.34. The molecule has 4 nitrogen and oxygen atoms in total. The molecule has 0 atom stereocenters. The fraction of sp³-hybridized carbons (Fsp3) is 0.286. The Balaban J connectivity index is 1.31. The van der Waals surface area contributed by atoms with E-state index in [0.29, 0.717) is 13.0 Å². The van der Waals surface area contributed by atoms with Gasteiger partial charge in [-0.25, -0.2) is 0 Å². The number of aromatic hydroxyl groups is 1. The molecule has 0 saturated heterocycles. The van der Waals surface area contributed by atoms with E-state index in [9.17, 15) is 9.90 Å². The third kappa shape index (κ3) is 3.53. The van der Waals surface area contributed by atoms with Gasteiger partial charge in [0.05, 0.1) is 0 Å². The zero-order valence-corrected chi connectivity index (χ0v) is 15.4. The van der Waals surface area contributed by atoms with Crippen molar-refractivity contribution in [1.82, 2.24) is 9.88 Å². The fourth-order valence-electron chi connectivity index (χ4n) is 3.54. The number of benzene rings is 1. The Kier molecular flexibility index (Phi) is 4.80. The molecule has 0 bridgehead atoms. The number of aryl methyl sites for hydroxylation is 1. The Morgan fingerprint density at radius 3 is 3.00 bits per heavy atom. The summed E-state index contributed by atoms with van der Waals surface area (Å²) in [7, 11) is 0. The number of aromatic nitrogens is 1. The number of carbonyl (C=O) groups is 1. The molecule has 0 aliphatic carbocycles. The first-order chi connectivity index (χ1) is 12.7. The lowest BCUT2D eigenvalue weighted by Gasteiger charge is -2.26. The van der Waals surface area contributed by atoms with Crippen LogP contribution in [0.4, 0.5) is 0 Å². The Morgan fingerprint density at radius 1 is 1.31 bits per heavy atom. The number of phenolic OH excluding ortho intramolecular Hbond substituents is 1. The summed E-state index contributed by atoms with van der Waals surface area (Å²) in [5, 5.41) is 12.8. The monoisotopic (exact) mass is 366 g/mol. The number of nitrogens with zero attached hydrogens (tertiary/aromatic N) is 1. The van der Waals surface area contributed by atoms with Crippen molar-refractivity contribution in [2.24, 2.45) is 0 Å². The molecule has 2 aromatic heterocycles. The highest BCUT2D eigenvalue weighted by molar-refractivity contribution is 7.11. The highest BCUT2D eigenvalue weighted by Crippen LogP contribution is 2.27. The largest absolute Gasteiger partial charge is 0.508 e. The molecule has 1 aliphatic rings. The highest BCUT2D eigenvalue weighted by atomic mass is 32.1. The van der Waals surface area contributed by atoms with E-state index in [1.54, 1.807) is 23.5 Å². The van der Waals surface area contributed by atoms with Crippen LogP contribution in [-0.2, 0) is 11.2 Å². The van der Waals surface area contributed by atoms with Crippen LogP contribution in [0.3, 0.4) is 0 Å². The summed E-state index contributed by atoms with van der Waals surface area (Å²) in [5.41, 5.74) is 3.54. The van der Waals surface area contributed by atoms with Crippen molar-refractivity contribution in [3.8, 4) is 5.75 Å². The van der Waals surface area contributed by atoms with Gasteiger partial charge in [0.1, 0.15) is 5.75 Å². The van der Waals surface area contributed by atoms with E-state index in [-0.39, 0.29) is 11.7 Å². The molecule has 2 N–H and O–H groups in total. The Bertz CT molecular complexity index is 940. The summed E-state index contributed by atoms with van der Waals surface area (Å²) in [5.74, 6) is 0.505. The molecule has 0 spiro atoms. The minimum Gasteiger partial charge on any atom is -0.508 e. The summed E-state index contributed by atoms with van der Waals surface area (Å²) < 4.78 is 0. The number of nitrogens with one attached hydrogen (secondary N) is 1. The lowest BCUT2D eigenvalue weighted by molar-refractivity contribution is -0.130. The molecule has 1 amide bonds. The van der Waals surface area contributed by atoms with Gasteiger partial charge in [-0.05, 0) is 60.0 Å². The van der Waals surface area contributed by atoms with E-state index in [0.717, 1.165) is 42.3 Å². The number of fused-ring (bicyclic) bond motifs is 1. The Morgan fingerprint density at radius 2 is 2.23 bits per heavy atom. The van der Waals surface area contributed by atoms with Crippen molar-refractivity contribution in [3.63, 3.8) is 0 Å². The number of thiophene rings is 1. The van der Waals surface area contributed by atoms with E-state index < -0.39 is 0 Å². The van der Waals surface area contributed by atoms with Crippen molar-refractivity contribution >= 4 is 33.7 Å². The average Bonchev–Trinajstić information content (AvgIpc) is 3.32. The van der Waals surface area contributed by atoms with Gasteiger partial charge in [0, 0.05) is 41.5 Å². The smallest absolute Gasteiger partial charge is 0.222 e. The topological polar surface area (TPSA) is 56.3 Å². The van der Waals surface area contributed by atoms with Crippen LogP contribution in [0.5, 0.6) is 5.75 Å². The summed E-state index contributed by atoms with van der Waals surface area (Å²) >= 11 is 1.76. The zero-order valence-electron chi connectivity index (χ0n) is 14.6. The van der Waals surface area contributed by atoms with Crippen LogP contribution >= 0.6 is 11.3 Å². The first-order valence-electron chi connectivity index (χ1n) is 9.00. The van der Waals surface area contributed by atoms with Crippen LogP contribution in [0.1, 0.15) is 29.7 Å². The quantitative estimate of drug-likeness (QED) is 0.695. The molecule has 3 aromatic rings. The van der Waals surface area contributed by atoms with E-state index >= 15 is 0 Å². The van der Waals surface area contributed by atoms with Crippen LogP contribution in [0, 0.1) is 0 Å². The molecule has 1 aromatic carbocycles. The maximum absolute atomic E-state index is 12.5. The van der Waals surface area contributed by atoms with Crippen LogP contribution < -0.4 is 0 Å². The standard InChI is InChI=1S/C21H22N2O2S/c24-17-6-7-19-18(13-17)16(14-22-19)3-1-5-21(25)23-10-8-15(9-11-23)20-4-2-12-26-20/h2,4,6-8,12-14,22,24H,1,3,5,9-11H2. The van der Waals surface area contributed by atoms with Crippen molar-refractivity contribution < 1.29 is 9.90 Å². The highest BCUT2D eigenvalue weighted by Gasteiger charge is 2.18. The maximum atomic E-state index is 12.5. The second kappa shape index (κ2) is 7.38. The molecule has 26 heavy (non-hydrogen) atoms. The number of hydrogen-bond acceptors (Lipinski definition) is 3. The normalized spacial score (nSPS) is 14.6. The maximum Gasteiger partial charge on any atom is 0.222 e. The van der Waals surface area contributed by atoms with E-state index in [1.807, 2.05) is 17.2 Å². The lowest BCUT2D eigenvalue weighted by Crippen LogP contribution is -2.34. The second-order valence-corrected chi connectivity index (χ2v) is 7.64. The minimum atomic E-state index is 0.231. The van der Waals surface area contributed by atoms with Crippen LogP contribution in [-0.4, -0.2) is 34.0 Å². The van der Waals surface area contributed by atoms with Gasteiger partial charge in [-0.1, -0.05) is 12.1 Å². The van der Waals surface area contributed by atoms with Gasteiger partial charge < -0.3 is 15.0 Å². The number of hydrogen-bond donors (Lipinski definition) is 2. The summed E-state index contributed by atoms with van der Waals surface area (Å²) in [6.07, 6.45) is 7.32. The molecule has 3 heterocycles. The summed E-state index contributed by atoms with van der Waals surface area (Å²) in [6, 6.07) is 9.56. The summed E-state index contributed by atoms with van der Waals surface area (Å²) in [6.45, 7) is 1.52. The van der Waals surface area contributed by atoms with Gasteiger partial charge in [0.15, 0.2) is 0 Å². The van der Waals surface area contributed by atoms with Crippen LogP contribution in [0.25, 0.3) is 16.5 Å². The van der Waals surface area contributed by atoms with Gasteiger partial charge in [0.2, 0.25) is 5.91 Å².